The fourth-order valence-electron chi connectivity index (χ4n) is 2.52. The number of aromatic nitrogens is 3. The van der Waals surface area contributed by atoms with Crippen LogP contribution < -0.4 is 4.74 Å². The summed E-state index contributed by atoms with van der Waals surface area (Å²) in [5.41, 5.74) is 0. The molecule has 2 aromatic rings. The predicted molar refractivity (Wildman–Crippen MR) is 76.3 cm³/mol. The van der Waals surface area contributed by atoms with Crippen LogP contribution in [0.5, 0.6) is 5.88 Å². The molecule has 7 nitrogen and oxygen atoms in total. The van der Waals surface area contributed by atoms with Crippen LogP contribution in [0.4, 0.5) is 0 Å². The first kappa shape index (κ1) is 14.4. The molecule has 2 atom stereocenters. The van der Waals surface area contributed by atoms with Gasteiger partial charge in [0.15, 0.2) is 5.82 Å². The second-order valence-electron chi connectivity index (χ2n) is 5.01. The lowest BCUT2D eigenvalue weighted by Gasteiger charge is -2.37. The van der Waals surface area contributed by atoms with Gasteiger partial charge in [-0.25, -0.2) is 0 Å². The number of ether oxygens (including phenoxy) is 2. The van der Waals surface area contributed by atoms with E-state index in [1.165, 1.54) is 11.5 Å². The van der Waals surface area contributed by atoms with Gasteiger partial charge in [-0.3, -0.25) is 4.90 Å². The SMILES string of the molecule is COc1cc(CN2CCO[C@H](C)[C@H]2c2nc(C)no2)sn1. The number of morpholine rings is 1. The van der Waals surface area contributed by atoms with Gasteiger partial charge in [-0.2, -0.15) is 9.36 Å². The molecule has 1 fully saturated rings. The summed E-state index contributed by atoms with van der Waals surface area (Å²) in [7, 11) is 1.62. The van der Waals surface area contributed by atoms with E-state index in [-0.39, 0.29) is 12.1 Å². The normalized spacial score (nSPS) is 23.4. The zero-order valence-corrected chi connectivity index (χ0v) is 13.1. The highest BCUT2D eigenvalue weighted by atomic mass is 32.1. The molecule has 114 valence electrons. The number of methoxy groups -OCH3 is 1. The van der Waals surface area contributed by atoms with Crippen LogP contribution in [0.1, 0.15) is 29.6 Å². The van der Waals surface area contributed by atoms with Crippen molar-refractivity contribution < 1.29 is 14.0 Å². The molecule has 0 aromatic carbocycles. The van der Waals surface area contributed by atoms with E-state index in [1.54, 1.807) is 7.11 Å². The Hall–Kier alpha value is -1.51. The molecular weight excluding hydrogens is 292 g/mol. The van der Waals surface area contributed by atoms with E-state index in [1.807, 2.05) is 19.9 Å². The maximum atomic E-state index is 5.74. The lowest BCUT2D eigenvalue weighted by molar-refractivity contribution is -0.0760. The average molecular weight is 310 g/mol. The van der Waals surface area contributed by atoms with Crippen LogP contribution in [0.25, 0.3) is 0 Å². The summed E-state index contributed by atoms with van der Waals surface area (Å²) in [6.45, 7) is 6.13. The van der Waals surface area contributed by atoms with E-state index in [4.69, 9.17) is 14.0 Å². The minimum atomic E-state index is -0.0342. The van der Waals surface area contributed by atoms with Gasteiger partial charge in [-0.05, 0) is 25.4 Å². The number of rotatable bonds is 4. The van der Waals surface area contributed by atoms with E-state index < -0.39 is 0 Å². The van der Waals surface area contributed by atoms with E-state index >= 15 is 0 Å². The first-order valence-corrected chi connectivity index (χ1v) is 7.60. The fourth-order valence-corrected chi connectivity index (χ4v) is 3.23. The second kappa shape index (κ2) is 6.08. The van der Waals surface area contributed by atoms with E-state index in [0.717, 1.165) is 18.0 Å². The number of hydrogen-bond donors (Lipinski definition) is 0. The maximum absolute atomic E-state index is 5.74. The highest BCUT2D eigenvalue weighted by Gasteiger charge is 2.35. The van der Waals surface area contributed by atoms with Crippen molar-refractivity contribution in [2.24, 2.45) is 0 Å². The third kappa shape index (κ3) is 3.07. The molecule has 8 heteroatoms. The standard InChI is InChI=1S/C13H18N4O3S/c1-8-12(13-14-9(2)15-20-13)17(4-5-19-8)7-10-6-11(18-3)16-21-10/h6,8,12H,4-5,7H2,1-3H3/t8-,12+/m1/s1. The molecule has 3 heterocycles. The highest BCUT2D eigenvalue weighted by molar-refractivity contribution is 7.05. The van der Waals surface area contributed by atoms with Crippen LogP contribution in [-0.4, -0.2) is 45.8 Å². The van der Waals surface area contributed by atoms with Crippen molar-refractivity contribution in [2.45, 2.75) is 32.5 Å². The molecule has 0 amide bonds. The first-order chi connectivity index (χ1) is 10.2. The van der Waals surface area contributed by atoms with Crippen molar-refractivity contribution in [3.8, 4) is 5.88 Å². The molecule has 3 rings (SSSR count). The van der Waals surface area contributed by atoms with Crippen LogP contribution >= 0.6 is 11.5 Å². The monoisotopic (exact) mass is 310 g/mol. The molecule has 0 spiro atoms. The fraction of sp³-hybridized carbons (Fsp3) is 0.615. The van der Waals surface area contributed by atoms with Crippen LogP contribution in [-0.2, 0) is 11.3 Å². The van der Waals surface area contributed by atoms with Gasteiger partial charge in [0, 0.05) is 24.0 Å². The van der Waals surface area contributed by atoms with Gasteiger partial charge in [-0.1, -0.05) is 5.16 Å². The second-order valence-corrected chi connectivity index (χ2v) is 5.90. The first-order valence-electron chi connectivity index (χ1n) is 6.83. The van der Waals surface area contributed by atoms with Gasteiger partial charge >= 0.3 is 0 Å². The lowest BCUT2D eigenvalue weighted by Crippen LogP contribution is -2.43. The molecule has 1 aliphatic rings. The third-order valence-corrected chi connectivity index (χ3v) is 4.25. The van der Waals surface area contributed by atoms with Gasteiger partial charge in [-0.15, -0.1) is 0 Å². The van der Waals surface area contributed by atoms with Crippen molar-refractivity contribution in [3.05, 3.63) is 22.7 Å². The Morgan fingerprint density at radius 2 is 2.38 bits per heavy atom. The molecule has 2 aromatic heterocycles. The molecule has 0 unspecified atom stereocenters. The minimum Gasteiger partial charge on any atom is -0.480 e. The van der Waals surface area contributed by atoms with Gasteiger partial charge in [0.1, 0.15) is 6.04 Å². The third-order valence-electron chi connectivity index (χ3n) is 3.50. The summed E-state index contributed by atoms with van der Waals surface area (Å²) in [5.74, 6) is 1.90. The summed E-state index contributed by atoms with van der Waals surface area (Å²) in [5, 5.41) is 3.89. The zero-order valence-electron chi connectivity index (χ0n) is 12.3. The maximum Gasteiger partial charge on any atom is 0.246 e. The Labute approximate surface area is 127 Å². The van der Waals surface area contributed by atoms with Crippen LogP contribution in [0.2, 0.25) is 0 Å². The zero-order chi connectivity index (χ0) is 14.8. The van der Waals surface area contributed by atoms with Gasteiger partial charge in [0.2, 0.25) is 11.8 Å². The number of aryl methyl sites for hydroxylation is 1. The quantitative estimate of drug-likeness (QED) is 0.852. The molecule has 0 N–H and O–H groups in total. The summed E-state index contributed by atoms with van der Waals surface area (Å²) in [6, 6.07) is 1.93. The molecule has 0 bridgehead atoms. The largest absolute Gasteiger partial charge is 0.480 e. The number of hydrogen-bond acceptors (Lipinski definition) is 8. The van der Waals surface area contributed by atoms with Crippen LogP contribution in [0.3, 0.4) is 0 Å². The summed E-state index contributed by atoms with van der Waals surface area (Å²) >= 11 is 1.45. The Morgan fingerprint density at radius 3 is 3.05 bits per heavy atom. The van der Waals surface area contributed by atoms with Crippen molar-refractivity contribution in [3.63, 3.8) is 0 Å². The summed E-state index contributed by atoms with van der Waals surface area (Å²) in [4.78, 5) is 7.79. The van der Waals surface area contributed by atoms with Crippen LogP contribution in [0.15, 0.2) is 10.6 Å². The Kier molecular flexibility index (Phi) is 4.18. The van der Waals surface area contributed by atoms with Crippen LogP contribution in [0, 0.1) is 6.92 Å². The van der Waals surface area contributed by atoms with Crippen molar-refractivity contribution in [1.82, 2.24) is 19.4 Å². The summed E-state index contributed by atoms with van der Waals surface area (Å²) < 4.78 is 20.5. The minimum absolute atomic E-state index is 0.00779. The predicted octanol–water partition coefficient (Wildman–Crippen LogP) is 1.81. The molecule has 1 saturated heterocycles. The van der Waals surface area contributed by atoms with Crippen molar-refractivity contribution in [1.29, 1.82) is 0 Å². The van der Waals surface area contributed by atoms with Crippen molar-refractivity contribution >= 4 is 11.5 Å². The van der Waals surface area contributed by atoms with E-state index in [2.05, 4.69) is 19.4 Å². The topological polar surface area (TPSA) is 73.5 Å². The average Bonchev–Trinajstić information content (AvgIpc) is 3.08. The molecule has 1 aliphatic heterocycles. The smallest absolute Gasteiger partial charge is 0.246 e. The van der Waals surface area contributed by atoms with Gasteiger partial charge in [0.25, 0.3) is 0 Å². The molecular formula is C13H18N4O3S. The lowest BCUT2D eigenvalue weighted by atomic mass is 10.1. The number of nitrogens with zero attached hydrogens (tertiary/aromatic N) is 4. The van der Waals surface area contributed by atoms with E-state index in [9.17, 15) is 0 Å². The molecule has 21 heavy (non-hydrogen) atoms. The Bertz CT molecular complexity index is 600. The van der Waals surface area contributed by atoms with Gasteiger partial charge in [0.05, 0.1) is 19.8 Å². The molecule has 0 aliphatic carbocycles. The van der Waals surface area contributed by atoms with E-state index in [0.29, 0.717) is 24.2 Å². The Balaban J connectivity index is 1.80. The summed E-state index contributed by atoms with van der Waals surface area (Å²) in [6.07, 6.45) is 0.00779. The highest BCUT2D eigenvalue weighted by Crippen LogP contribution is 2.31. The Morgan fingerprint density at radius 1 is 1.52 bits per heavy atom. The van der Waals surface area contributed by atoms with Gasteiger partial charge < -0.3 is 14.0 Å². The van der Waals surface area contributed by atoms with Crippen molar-refractivity contribution in [2.75, 3.05) is 20.3 Å². The molecule has 0 saturated carbocycles. The molecule has 0 radical (unpaired) electrons.